The maximum absolute atomic E-state index is 12.6. The number of hydrogen-bond acceptors (Lipinski definition) is 9. The van der Waals surface area contributed by atoms with Crippen LogP contribution in [0.1, 0.15) is 17.5 Å². The Hall–Kier alpha value is -2.46. The molecule has 0 fully saturated rings. The summed E-state index contributed by atoms with van der Waals surface area (Å²) in [6, 6.07) is 5.31. The summed E-state index contributed by atoms with van der Waals surface area (Å²) in [6.45, 7) is 0. The summed E-state index contributed by atoms with van der Waals surface area (Å²) in [4.78, 5) is 24.9. The van der Waals surface area contributed by atoms with Crippen LogP contribution in [0.4, 0.5) is 5.13 Å². The Balaban J connectivity index is 1.82. The molecule has 2 N–H and O–H groups in total. The lowest BCUT2D eigenvalue weighted by Crippen LogP contribution is -2.37. The fourth-order valence-corrected chi connectivity index (χ4v) is 4.07. The summed E-state index contributed by atoms with van der Waals surface area (Å²) < 4.78 is 6.01. The van der Waals surface area contributed by atoms with Gasteiger partial charge in [-0.25, -0.2) is 0 Å². The fraction of sp³-hybridized carbons (Fsp3) is 0.312. The molecule has 8 nitrogen and oxygen atoms in total. The summed E-state index contributed by atoms with van der Waals surface area (Å²) in [7, 11) is 1.56. The second-order valence-electron chi connectivity index (χ2n) is 5.46. The Kier molecular flexibility index (Phi) is 5.52. The van der Waals surface area contributed by atoms with Crippen molar-refractivity contribution in [1.82, 2.24) is 10.2 Å². The molecule has 0 radical (unpaired) electrons. The van der Waals surface area contributed by atoms with E-state index in [1.807, 2.05) is 12.3 Å². The number of fused-ring (bicyclic) bond motifs is 1. The van der Waals surface area contributed by atoms with Gasteiger partial charge in [-0.1, -0.05) is 40.4 Å². The Morgan fingerprint density at radius 1 is 1.42 bits per heavy atom. The van der Waals surface area contributed by atoms with Crippen molar-refractivity contribution in [1.29, 1.82) is 0 Å². The van der Waals surface area contributed by atoms with E-state index < -0.39 is 17.6 Å². The molecular formula is C16H16N4O4S2. The molecule has 2 aromatic rings. The normalized spacial score (nSPS) is 17.6. The Morgan fingerprint density at radius 2 is 2.23 bits per heavy atom. The van der Waals surface area contributed by atoms with Gasteiger partial charge in [-0.05, 0) is 25.2 Å². The highest BCUT2D eigenvalue weighted by Gasteiger charge is 2.36. The zero-order chi connectivity index (χ0) is 18.7. The highest BCUT2D eigenvalue weighted by molar-refractivity contribution is 8.00. The summed E-state index contributed by atoms with van der Waals surface area (Å²) in [5.74, 6) is -1.64. The number of carbonyl (C=O) groups excluding carboxylic acids is 2. The number of ether oxygens (including phenoxy) is 1. The van der Waals surface area contributed by atoms with Gasteiger partial charge in [0, 0.05) is 11.1 Å². The zero-order valence-corrected chi connectivity index (χ0v) is 15.7. The number of oxime groups is 1. The van der Waals surface area contributed by atoms with E-state index in [0.29, 0.717) is 28.5 Å². The van der Waals surface area contributed by atoms with E-state index in [2.05, 4.69) is 20.7 Å². The smallest absolute Gasteiger partial charge is 0.294 e. The van der Waals surface area contributed by atoms with Crippen LogP contribution < -0.4 is 10.1 Å². The number of carbonyl (C=O) groups is 2. The highest BCUT2D eigenvalue weighted by Crippen LogP contribution is 2.33. The van der Waals surface area contributed by atoms with Crippen LogP contribution in [0.2, 0.25) is 0 Å². The molecule has 1 aromatic heterocycles. The van der Waals surface area contributed by atoms with Crippen molar-refractivity contribution in [3.63, 3.8) is 0 Å². The molecule has 0 saturated heterocycles. The van der Waals surface area contributed by atoms with Crippen LogP contribution in [0.3, 0.4) is 0 Å². The van der Waals surface area contributed by atoms with Crippen LogP contribution in [0.5, 0.6) is 5.75 Å². The number of hydrogen-bond donors (Lipinski definition) is 2. The Labute approximate surface area is 157 Å². The number of Topliss-reactive ketones (excluding diaryl/α,β-unsaturated/α-hetero) is 1. The molecule has 136 valence electrons. The number of nitrogens with one attached hydrogen (secondary N) is 1. The maximum Gasteiger partial charge on any atom is 0.294 e. The molecule has 26 heavy (non-hydrogen) atoms. The highest BCUT2D eigenvalue weighted by atomic mass is 32.2. The van der Waals surface area contributed by atoms with Crippen molar-refractivity contribution in [2.75, 3.05) is 18.7 Å². The molecule has 1 atom stereocenters. The molecule has 0 spiro atoms. The summed E-state index contributed by atoms with van der Waals surface area (Å²) in [6.07, 6.45) is 2.73. The number of amides is 1. The van der Waals surface area contributed by atoms with E-state index in [1.54, 1.807) is 19.2 Å². The van der Waals surface area contributed by atoms with Gasteiger partial charge in [0.25, 0.3) is 5.91 Å². The third kappa shape index (κ3) is 3.42. The largest absolute Gasteiger partial charge is 0.496 e. The molecule has 3 rings (SSSR count). The second kappa shape index (κ2) is 7.83. The predicted molar refractivity (Wildman–Crippen MR) is 98.5 cm³/mol. The van der Waals surface area contributed by atoms with Gasteiger partial charge in [0.05, 0.1) is 18.7 Å². The van der Waals surface area contributed by atoms with Crippen LogP contribution >= 0.6 is 23.1 Å². The van der Waals surface area contributed by atoms with E-state index in [4.69, 9.17) is 4.74 Å². The van der Waals surface area contributed by atoms with Crippen molar-refractivity contribution in [2.45, 2.75) is 17.2 Å². The van der Waals surface area contributed by atoms with Crippen LogP contribution in [0, 0.1) is 5.92 Å². The van der Waals surface area contributed by atoms with Crippen LogP contribution in [-0.4, -0.2) is 46.2 Å². The van der Waals surface area contributed by atoms with Crippen LogP contribution in [0.25, 0.3) is 0 Å². The molecule has 1 aliphatic rings. The molecule has 0 aliphatic heterocycles. The molecule has 1 aliphatic carbocycles. The number of anilines is 1. The lowest BCUT2D eigenvalue weighted by molar-refractivity contribution is -0.136. The minimum Gasteiger partial charge on any atom is -0.496 e. The fourth-order valence-electron chi connectivity index (χ4n) is 2.91. The number of ketones is 1. The van der Waals surface area contributed by atoms with Gasteiger partial charge in [0.1, 0.15) is 5.75 Å². The lowest BCUT2D eigenvalue weighted by Gasteiger charge is -2.25. The molecule has 1 amide bonds. The SMILES string of the molecule is COc1cccc2c1CCC(C(=O)C(=O)Nc1nnc(SC)s1)C2=NO. The van der Waals surface area contributed by atoms with Gasteiger partial charge in [-0.2, -0.15) is 0 Å². The quantitative estimate of drug-likeness (QED) is 0.264. The van der Waals surface area contributed by atoms with Gasteiger partial charge in [-0.3, -0.25) is 14.9 Å². The number of benzene rings is 1. The van der Waals surface area contributed by atoms with Gasteiger partial charge in [0.2, 0.25) is 10.9 Å². The average Bonchev–Trinajstić information content (AvgIpc) is 3.13. The predicted octanol–water partition coefficient (Wildman–Crippen LogP) is 2.22. The minimum atomic E-state index is -0.826. The monoisotopic (exact) mass is 392 g/mol. The standard InChI is InChI=1S/C16H16N4O4S2/c1-24-11-5-3-4-9-8(11)6-7-10(12(9)20-23)13(21)14(22)17-15-18-19-16(25-2)26-15/h3-5,10,23H,6-7H2,1-2H3,(H,17,18,22). The van der Waals surface area contributed by atoms with Crippen LogP contribution in [-0.2, 0) is 16.0 Å². The molecular weight excluding hydrogens is 376 g/mol. The van der Waals surface area contributed by atoms with Gasteiger partial charge in [0.15, 0.2) is 4.34 Å². The first-order valence-electron chi connectivity index (χ1n) is 7.70. The molecule has 1 aromatic carbocycles. The van der Waals surface area contributed by atoms with E-state index in [1.165, 1.54) is 23.1 Å². The van der Waals surface area contributed by atoms with E-state index >= 15 is 0 Å². The first-order chi connectivity index (χ1) is 12.6. The maximum atomic E-state index is 12.6. The number of methoxy groups -OCH3 is 1. The molecule has 0 bridgehead atoms. The molecule has 10 heteroatoms. The third-order valence-electron chi connectivity index (χ3n) is 4.09. The first kappa shape index (κ1) is 18.3. The van der Waals surface area contributed by atoms with Crippen molar-refractivity contribution in [2.24, 2.45) is 11.1 Å². The van der Waals surface area contributed by atoms with Crippen molar-refractivity contribution < 1.29 is 19.5 Å². The first-order valence-corrected chi connectivity index (χ1v) is 9.74. The van der Waals surface area contributed by atoms with Crippen LogP contribution in [0.15, 0.2) is 27.7 Å². The lowest BCUT2D eigenvalue weighted by atomic mass is 9.79. The molecule has 1 heterocycles. The second-order valence-corrected chi connectivity index (χ2v) is 7.49. The van der Waals surface area contributed by atoms with Crippen molar-refractivity contribution in [3.8, 4) is 5.75 Å². The number of aromatic nitrogens is 2. The molecule has 0 saturated carbocycles. The van der Waals surface area contributed by atoms with Gasteiger partial charge < -0.3 is 9.94 Å². The van der Waals surface area contributed by atoms with E-state index in [0.717, 1.165) is 5.56 Å². The summed E-state index contributed by atoms with van der Waals surface area (Å²) >= 11 is 2.58. The Bertz CT molecular complexity index is 881. The topological polar surface area (TPSA) is 114 Å². The molecule has 1 unspecified atom stereocenters. The van der Waals surface area contributed by atoms with Crippen molar-refractivity contribution >= 4 is 45.6 Å². The zero-order valence-electron chi connectivity index (χ0n) is 14.1. The number of thioether (sulfide) groups is 1. The number of nitrogens with zero attached hydrogens (tertiary/aromatic N) is 3. The Morgan fingerprint density at radius 3 is 2.88 bits per heavy atom. The van der Waals surface area contributed by atoms with Gasteiger partial charge in [-0.15, -0.1) is 10.2 Å². The van der Waals surface area contributed by atoms with E-state index in [-0.39, 0.29) is 10.8 Å². The van der Waals surface area contributed by atoms with E-state index in [9.17, 15) is 14.8 Å². The third-order valence-corrected chi connectivity index (χ3v) is 5.91. The van der Waals surface area contributed by atoms with Crippen molar-refractivity contribution in [3.05, 3.63) is 29.3 Å². The summed E-state index contributed by atoms with van der Waals surface area (Å²) in [5.41, 5.74) is 1.65. The average molecular weight is 392 g/mol. The van der Waals surface area contributed by atoms with Gasteiger partial charge >= 0.3 is 0 Å². The summed E-state index contributed by atoms with van der Waals surface area (Å²) in [5, 5.41) is 23.2. The number of rotatable bonds is 5. The minimum absolute atomic E-state index is 0.173.